The third-order valence-corrected chi connectivity index (χ3v) is 3.86. The van der Waals surface area contributed by atoms with Crippen LogP contribution in [0.25, 0.3) is 20.8 Å². The normalized spacial score (nSPS) is 11.0. The number of fused-ring (bicyclic) bond motifs is 1. The van der Waals surface area contributed by atoms with Gasteiger partial charge in [-0.05, 0) is 36.8 Å². The lowest BCUT2D eigenvalue weighted by Crippen LogP contribution is -1.83. The zero-order chi connectivity index (χ0) is 12.7. The third kappa shape index (κ3) is 1.84. The van der Waals surface area contributed by atoms with E-state index < -0.39 is 0 Å². The lowest BCUT2D eigenvalue weighted by atomic mass is 10.1. The van der Waals surface area contributed by atoms with E-state index in [1.165, 1.54) is 17.4 Å². The van der Waals surface area contributed by atoms with Gasteiger partial charge in [-0.3, -0.25) is 0 Å². The largest absolute Gasteiger partial charge is 0.508 e. The second kappa shape index (κ2) is 4.07. The lowest BCUT2D eigenvalue weighted by molar-refractivity contribution is 0.476. The van der Waals surface area contributed by atoms with E-state index in [0.717, 1.165) is 20.8 Å². The molecule has 1 aromatic heterocycles. The molecule has 2 aromatic carbocycles. The summed E-state index contributed by atoms with van der Waals surface area (Å²) in [6, 6.07) is 10.1. The van der Waals surface area contributed by atoms with Crippen LogP contribution in [0.5, 0.6) is 5.75 Å². The first-order chi connectivity index (χ1) is 8.63. The van der Waals surface area contributed by atoms with Gasteiger partial charge >= 0.3 is 0 Å². The van der Waals surface area contributed by atoms with Gasteiger partial charge in [0.15, 0.2) is 0 Å². The van der Waals surface area contributed by atoms with E-state index in [0.29, 0.717) is 5.56 Å². The van der Waals surface area contributed by atoms with E-state index in [9.17, 15) is 9.50 Å². The van der Waals surface area contributed by atoms with E-state index in [1.54, 1.807) is 31.2 Å². The average Bonchev–Trinajstić information content (AvgIpc) is 2.75. The maximum atomic E-state index is 13.5. The fraction of sp³-hybridized carbons (Fsp3) is 0.0714. The second-order valence-electron chi connectivity index (χ2n) is 4.14. The summed E-state index contributed by atoms with van der Waals surface area (Å²) in [5.41, 5.74) is 2.20. The van der Waals surface area contributed by atoms with Crippen LogP contribution in [0.15, 0.2) is 36.4 Å². The van der Waals surface area contributed by atoms with Crippen LogP contribution in [0.3, 0.4) is 0 Å². The number of phenolic OH excluding ortho intramolecular Hbond substituents is 1. The molecular weight excluding hydrogens is 248 g/mol. The quantitative estimate of drug-likeness (QED) is 0.712. The Morgan fingerprint density at radius 3 is 2.78 bits per heavy atom. The van der Waals surface area contributed by atoms with Gasteiger partial charge in [-0.25, -0.2) is 9.37 Å². The molecule has 0 radical (unpaired) electrons. The van der Waals surface area contributed by atoms with Gasteiger partial charge in [0.2, 0.25) is 0 Å². The molecule has 0 aliphatic heterocycles. The molecule has 0 aliphatic carbocycles. The minimum absolute atomic E-state index is 0.216. The summed E-state index contributed by atoms with van der Waals surface area (Å²) in [6.07, 6.45) is 0. The van der Waals surface area contributed by atoms with E-state index in [4.69, 9.17) is 0 Å². The summed E-state index contributed by atoms with van der Waals surface area (Å²) in [4.78, 5) is 4.44. The fourth-order valence-corrected chi connectivity index (χ4v) is 2.76. The van der Waals surface area contributed by atoms with E-state index in [1.807, 2.05) is 6.07 Å². The molecule has 90 valence electrons. The molecule has 0 unspecified atom stereocenters. The maximum absolute atomic E-state index is 13.5. The summed E-state index contributed by atoms with van der Waals surface area (Å²) in [6.45, 7) is 1.73. The van der Waals surface area contributed by atoms with Crippen LogP contribution in [0.2, 0.25) is 0 Å². The third-order valence-electron chi connectivity index (χ3n) is 2.79. The molecule has 0 bridgehead atoms. The van der Waals surface area contributed by atoms with Crippen LogP contribution in [-0.2, 0) is 0 Å². The summed E-state index contributed by atoms with van der Waals surface area (Å²) in [7, 11) is 0. The molecule has 0 atom stereocenters. The number of halogens is 1. The van der Waals surface area contributed by atoms with Crippen molar-refractivity contribution in [2.75, 3.05) is 0 Å². The molecule has 0 saturated carbocycles. The van der Waals surface area contributed by atoms with Crippen LogP contribution in [0, 0.1) is 12.7 Å². The molecule has 0 aliphatic rings. The van der Waals surface area contributed by atoms with Gasteiger partial charge in [-0.1, -0.05) is 12.1 Å². The highest BCUT2D eigenvalue weighted by molar-refractivity contribution is 7.21. The number of benzene rings is 2. The topological polar surface area (TPSA) is 33.1 Å². The molecule has 3 rings (SSSR count). The molecule has 18 heavy (non-hydrogen) atoms. The fourth-order valence-electron chi connectivity index (χ4n) is 1.76. The molecule has 0 saturated heterocycles. The standard InChI is InChI=1S/C14H10FNOS/c1-8-2-3-9(6-11(8)15)14-16-12-5-4-10(17)7-13(12)18-14/h2-7,17H,1H3/i15-1. The summed E-state index contributed by atoms with van der Waals surface area (Å²) in [5, 5.41) is 10.2. The predicted molar refractivity (Wildman–Crippen MR) is 71.4 cm³/mol. The summed E-state index contributed by atoms with van der Waals surface area (Å²) >= 11 is 1.44. The first kappa shape index (κ1) is 11.2. The number of nitrogens with zero attached hydrogens (tertiary/aromatic N) is 1. The SMILES string of the molecule is Cc1ccc(-c2nc3ccc(O)cc3s2)cc1[18F]. The van der Waals surface area contributed by atoms with Crippen molar-refractivity contribution in [3.05, 3.63) is 47.8 Å². The molecule has 0 amide bonds. The summed E-state index contributed by atoms with van der Waals surface area (Å²) < 4.78 is 14.4. The van der Waals surface area contributed by atoms with Crippen LogP contribution in [0.1, 0.15) is 5.56 Å². The second-order valence-corrected chi connectivity index (χ2v) is 5.17. The average molecular weight is 258 g/mol. The maximum Gasteiger partial charge on any atom is 0.126 e. The van der Waals surface area contributed by atoms with Crippen molar-refractivity contribution in [3.8, 4) is 16.3 Å². The number of hydrogen-bond donors (Lipinski definition) is 1. The Morgan fingerprint density at radius 1 is 1.17 bits per heavy atom. The number of aryl methyl sites for hydroxylation is 1. The molecular formula is C14H10FNOS. The Kier molecular flexibility index (Phi) is 2.52. The van der Waals surface area contributed by atoms with Crippen molar-refractivity contribution in [2.24, 2.45) is 0 Å². The smallest absolute Gasteiger partial charge is 0.126 e. The van der Waals surface area contributed by atoms with Crippen molar-refractivity contribution in [1.29, 1.82) is 0 Å². The minimum atomic E-state index is -0.227. The highest BCUT2D eigenvalue weighted by Gasteiger charge is 2.08. The lowest BCUT2D eigenvalue weighted by Gasteiger charge is -1.98. The highest BCUT2D eigenvalue weighted by Crippen LogP contribution is 2.32. The van der Waals surface area contributed by atoms with Crippen molar-refractivity contribution in [1.82, 2.24) is 4.98 Å². The Bertz CT molecular complexity index is 736. The van der Waals surface area contributed by atoms with Crippen molar-refractivity contribution in [2.45, 2.75) is 6.92 Å². The van der Waals surface area contributed by atoms with Gasteiger partial charge in [0.05, 0.1) is 10.2 Å². The molecule has 0 fully saturated rings. The van der Waals surface area contributed by atoms with Crippen LogP contribution in [-0.4, -0.2) is 10.1 Å². The Morgan fingerprint density at radius 2 is 2.00 bits per heavy atom. The van der Waals surface area contributed by atoms with Crippen molar-refractivity contribution in [3.63, 3.8) is 0 Å². The minimum Gasteiger partial charge on any atom is -0.508 e. The van der Waals surface area contributed by atoms with E-state index in [2.05, 4.69) is 4.98 Å². The number of aromatic nitrogens is 1. The molecule has 4 heteroatoms. The zero-order valence-electron chi connectivity index (χ0n) is 9.64. The molecule has 2 nitrogen and oxygen atoms in total. The first-order valence-electron chi connectivity index (χ1n) is 5.49. The molecule has 0 spiro atoms. The number of aromatic hydroxyl groups is 1. The van der Waals surface area contributed by atoms with Gasteiger partial charge in [0.25, 0.3) is 0 Å². The van der Waals surface area contributed by atoms with Gasteiger partial charge in [0, 0.05) is 5.56 Å². The number of hydrogen-bond acceptors (Lipinski definition) is 3. The number of thiazole rings is 1. The van der Waals surface area contributed by atoms with Gasteiger partial charge in [-0.15, -0.1) is 11.3 Å². The zero-order valence-corrected chi connectivity index (χ0v) is 10.5. The van der Waals surface area contributed by atoms with Gasteiger partial charge in [-0.2, -0.15) is 0 Å². The monoisotopic (exact) mass is 258 g/mol. The van der Waals surface area contributed by atoms with Crippen molar-refractivity contribution >= 4 is 21.6 Å². The van der Waals surface area contributed by atoms with Crippen molar-refractivity contribution < 1.29 is 9.50 Å². The molecule has 3 aromatic rings. The van der Waals surface area contributed by atoms with E-state index in [-0.39, 0.29) is 11.6 Å². The number of phenols is 1. The van der Waals surface area contributed by atoms with Gasteiger partial charge < -0.3 is 5.11 Å². The van der Waals surface area contributed by atoms with Gasteiger partial charge in [0.1, 0.15) is 16.6 Å². The van der Waals surface area contributed by atoms with E-state index >= 15 is 0 Å². The number of rotatable bonds is 1. The Hall–Kier alpha value is -1.94. The summed E-state index contributed by atoms with van der Waals surface area (Å²) in [5.74, 6) is -0.0117. The predicted octanol–water partition coefficient (Wildman–Crippen LogP) is 4.12. The first-order valence-corrected chi connectivity index (χ1v) is 6.31. The van der Waals surface area contributed by atoms with Crippen LogP contribution < -0.4 is 0 Å². The van der Waals surface area contributed by atoms with Crippen LogP contribution in [0.4, 0.5) is 4.39 Å². The Labute approximate surface area is 107 Å². The Balaban J connectivity index is 2.16. The van der Waals surface area contributed by atoms with Crippen LogP contribution >= 0.6 is 11.3 Å². The molecule has 1 heterocycles. The molecule has 1 N–H and O–H groups in total. The highest BCUT2D eigenvalue weighted by atomic mass is 32.1.